The van der Waals surface area contributed by atoms with E-state index in [1.807, 2.05) is 0 Å². The van der Waals surface area contributed by atoms with E-state index in [1.54, 1.807) is 0 Å². The predicted octanol–water partition coefficient (Wildman–Crippen LogP) is 2.35. The van der Waals surface area contributed by atoms with E-state index in [2.05, 4.69) is 37.9 Å². The maximum atomic E-state index is 3.56. The Balaban J connectivity index is 2.17. The van der Waals surface area contributed by atoms with E-state index in [1.165, 1.54) is 25.9 Å². The van der Waals surface area contributed by atoms with E-state index in [0.717, 1.165) is 24.9 Å². The molecule has 1 heterocycles. The van der Waals surface area contributed by atoms with Gasteiger partial charge in [-0.15, -0.1) is 0 Å². The summed E-state index contributed by atoms with van der Waals surface area (Å²) in [6.07, 6.45) is 2.80. The van der Waals surface area contributed by atoms with Crippen molar-refractivity contribution in [3.63, 3.8) is 0 Å². The summed E-state index contributed by atoms with van der Waals surface area (Å²) in [6, 6.07) is 0.700. The number of hydrogen-bond acceptors (Lipinski definition) is 2. The lowest BCUT2D eigenvalue weighted by Gasteiger charge is -2.35. The second kappa shape index (κ2) is 6.49. The van der Waals surface area contributed by atoms with Gasteiger partial charge in [0.15, 0.2) is 0 Å². The Morgan fingerprint density at radius 1 is 1.27 bits per heavy atom. The molecule has 2 heteroatoms. The van der Waals surface area contributed by atoms with Gasteiger partial charge in [-0.05, 0) is 44.7 Å². The van der Waals surface area contributed by atoms with Crippen LogP contribution in [0.25, 0.3) is 0 Å². The van der Waals surface area contributed by atoms with Gasteiger partial charge < -0.3 is 5.32 Å². The largest absolute Gasteiger partial charge is 0.315 e. The van der Waals surface area contributed by atoms with Crippen LogP contribution in [0.2, 0.25) is 0 Å². The topological polar surface area (TPSA) is 15.3 Å². The Kier molecular flexibility index (Phi) is 5.62. The average molecular weight is 212 g/mol. The van der Waals surface area contributed by atoms with Crippen molar-refractivity contribution in [3.05, 3.63) is 0 Å². The molecule has 2 nitrogen and oxygen atoms in total. The Morgan fingerprint density at radius 2 is 2.00 bits per heavy atom. The minimum atomic E-state index is 0.700. The van der Waals surface area contributed by atoms with Gasteiger partial charge in [0.05, 0.1) is 0 Å². The molecule has 0 aliphatic carbocycles. The molecule has 0 radical (unpaired) electrons. The third-order valence-electron chi connectivity index (χ3n) is 3.30. The van der Waals surface area contributed by atoms with Crippen LogP contribution in [0.4, 0.5) is 0 Å². The molecule has 1 saturated heterocycles. The Bertz CT molecular complexity index is 168. The maximum absolute atomic E-state index is 3.56. The fraction of sp³-hybridized carbons (Fsp3) is 1.00. The second-order valence-electron chi connectivity index (χ2n) is 5.64. The zero-order valence-electron chi connectivity index (χ0n) is 10.9. The lowest BCUT2D eigenvalue weighted by atomic mass is 9.99. The standard InChI is InChI=1S/C13H28N2/c1-11(2)8-14-9-13(4)15-7-5-6-12(3)10-15/h11-14H,5-10H2,1-4H3. The molecule has 0 aromatic heterocycles. The number of likely N-dealkylation sites (tertiary alicyclic amines) is 1. The summed E-state index contributed by atoms with van der Waals surface area (Å²) in [4.78, 5) is 2.64. The van der Waals surface area contributed by atoms with E-state index < -0.39 is 0 Å². The van der Waals surface area contributed by atoms with Gasteiger partial charge in [0.1, 0.15) is 0 Å². The fourth-order valence-corrected chi connectivity index (χ4v) is 2.34. The first-order valence-corrected chi connectivity index (χ1v) is 6.54. The van der Waals surface area contributed by atoms with Crippen LogP contribution < -0.4 is 5.32 Å². The van der Waals surface area contributed by atoms with Crippen molar-refractivity contribution in [2.24, 2.45) is 11.8 Å². The Labute approximate surface area is 95.4 Å². The van der Waals surface area contributed by atoms with E-state index in [-0.39, 0.29) is 0 Å². The van der Waals surface area contributed by atoms with Gasteiger partial charge in [-0.3, -0.25) is 4.90 Å². The fourth-order valence-electron chi connectivity index (χ4n) is 2.34. The van der Waals surface area contributed by atoms with Crippen molar-refractivity contribution in [2.45, 2.75) is 46.6 Å². The SMILES string of the molecule is CC(C)CNCC(C)N1CCCC(C)C1. The molecule has 0 aromatic carbocycles. The molecule has 1 N–H and O–H groups in total. The molecule has 2 unspecified atom stereocenters. The molecule has 1 aliphatic heterocycles. The van der Waals surface area contributed by atoms with Crippen LogP contribution in [0.1, 0.15) is 40.5 Å². The smallest absolute Gasteiger partial charge is 0.0192 e. The monoisotopic (exact) mass is 212 g/mol. The number of nitrogens with zero attached hydrogens (tertiary/aromatic N) is 1. The van der Waals surface area contributed by atoms with Crippen molar-refractivity contribution in [1.82, 2.24) is 10.2 Å². The van der Waals surface area contributed by atoms with Crippen molar-refractivity contribution < 1.29 is 0 Å². The van der Waals surface area contributed by atoms with Crippen molar-refractivity contribution >= 4 is 0 Å². The van der Waals surface area contributed by atoms with Gasteiger partial charge in [-0.25, -0.2) is 0 Å². The highest BCUT2D eigenvalue weighted by Gasteiger charge is 2.20. The molecule has 0 aromatic rings. The van der Waals surface area contributed by atoms with Crippen molar-refractivity contribution in [2.75, 3.05) is 26.2 Å². The Hall–Kier alpha value is -0.0800. The third kappa shape index (κ3) is 4.98. The first kappa shape index (κ1) is 13.0. The van der Waals surface area contributed by atoms with Gasteiger partial charge in [-0.1, -0.05) is 20.8 Å². The molecule has 0 amide bonds. The van der Waals surface area contributed by atoms with Crippen LogP contribution in [0.15, 0.2) is 0 Å². The van der Waals surface area contributed by atoms with Crippen molar-refractivity contribution in [3.8, 4) is 0 Å². The normalized spacial score (nSPS) is 25.8. The quantitative estimate of drug-likeness (QED) is 0.752. The maximum Gasteiger partial charge on any atom is 0.0192 e. The average Bonchev–Trinajstić information content (AvgIpc) is 2.17. The van der Waals surface area contributed by atoms with E-state index >= 15 is 0 Å². The van der Waals surface area contributed by atoms with Crippen LogP contribution >= 0.6 is 0 Å². The second-order valence-corrected chi connectivity index (χ2v) is 5.64. The molecule has 0 saturated carbocycles. The first-order chi connectivity index (χ1) is 7.09. The van der Waals surface area contributed by atoms with Gasteiger partial charge >= 0.3 is 0 Å². The summed E-state index contributed by atoms with van der Waals surface area (Å²) in [5.41, 5.74) is 0. The van der Waals surface area contributed by atoms with E-state index in [4.69, 9.17) is 0 Å². The van der Waals surface area contributed by atoms with Gasteiger partial charge in [-0.2, -0.15) is 0 Å². The lowest BCUT2D eigenvalue weighted by Crippen LogP contribution is -2.45. The Morgan fingerprint density at radius 3 is 2.60 bits per heavy atom. The van der Waals surface area contributed by atoms with Crippen LogP contribution in [0.5, 0.6) is 0 Å². The molecule has 0 spiro atoms. The minimum Gasteiger partial charge on any atom is -0.315 e. The van der Waals surface area contributed by atoms with Crippen LogP contribution in [-0.2, 0) is 0 Å². The third-order valence-corrected chi connectivity index (χ3v) is 3.30. The molecule has 15 heavy (non-hydrogen) atoms. The minimum absolute atomic E-state index is 0.700. The van der Waals surface area contributed by atoms with E-state index in [0.29, 0.717) is 6.04 Å². The molecular formula is C13H28N2. The summed E-state index contributed by atoms with van der Waals surface area (Å²) in [6.45, 7) is 14.1. The number of hydrogen-bond donors (Lipinski definition) is 1. The van der Waals surface area contributed by atoms with Crippen LogP contribution in [0.3, 0.4) is 0 Å². The van der Waals surface area contributed by atoms with Gasteiger partial charge in [0, 0.05) is 19.1 Å². The molecule has 1 fully saturated rings. The zero-order valence-corrected chi connectivity index (χ0v) is 10.9. The van der Waals surface area contributed by atoms with Gasteiger partial charge in [0.25, 0.3) is 0 Å². The first-order valence-electron chi connectivity index (χ1n) is 6.54. The van der Waals surface area contributed by atoms with Crippen LogP contribution in [-0.4, -0.2) is 37.1 Å². The highest BCUT2D eigenvalue weighted by atomic mass is 15.2. The molecule has 90 valence electrons. The highest BCUT2D eigenvalue weighted by molar-refractivity contribution is 4.76. The summed E-state index contributed by atoms with van der Waals surface area (Å²) >= 11 is 0. The molecular weight excluding hydrogens is 184 g/mol. The molecule has 1 rings (SSSR count). The summed E-state index contributed by atoms with van der Waals surface area (Å²) in [5.74, 6) is 1.66. The number of piperidine rings is 1. The predicted molar refractivity (Wildman–Crippen MR) is 67.1 cm³/mol. The zero-order chi connectivity index (χ0) is 11.3. The van der Waals surface area contributed by atoms with Crippen LogP contribution in [0, 0.1) is 11.8 Å². The highest BCUT2D eigenvalue weighted by Crippen LogP contribution is 2.17. The van der Waals surface area contributed by atoms with E-state index in [9.17, 15) is 0 Å². The van der Waals surface area contributed by atoms with Crippen molar-refractivity contribution in [1.29, 1.82) is 0 Å². The molecule has 2 atom stereocenters. The number of nitrogens with one attached hydrogen (secondary N) is 1. The summed E-state index contributed by atoms with van der Waals surface area (Å²) < 4.78 is 0. The summed E-state index contributed by atoms with van der Waals surface area (Å²) in [5, 5.41) is 3.56. The number of rotatable bonds is 5. The lowest BCUT2D eigenvalue weighted by molar-refractivity contribution is 0.136. The van der Waals surface area contributed by atoms with Gasteiger partial charge in [0.2, 0.25) is 0 Å². The molecule has 1 aliphatic rings. The molecule has 0 bridgehead atoms. The summed E-state index contributed by atoms with van der Waals surface area (Å²) in [7, 11) is 0.